The monoisotopic (exact) mass is 306 g/mol. The number of piperidine rings is 1. The van der Waals surface area contributed by atoms with E-state index in [9.17, 15) is 5.11 Å². The zero-order valence-electron chi connectivity index (χ0n) is 13.5. The minimum absolute atomic E-state index is 0.0662. The molecule has 2 heterocycles. The van der Waals surface area contributed by atoms with Gasteiger partial charge in [0.25, 0.3) is 0 Å². The molecule has 5 heteroatoms. The molecule has 5 nitrogen and oxygen atoms in total. The van der Waals surface area contributed by atoms with Gasteiger partial charge in [0.1, 0.15) is 17.1 Å². The zero-order valence-corrected chi connectivity index (χ0v) is 13.5. The van der Waals surface area contributed by atoms with E-state index >= 15 is 0 Å². The fourth-order valence-corrected chi connectivity index (χ4v) is 3.61. The first-order valence-electron chi connectivity index (χ1n) is 8.07. The molecule has 0 aliphatic carbocycles. The van der Waals surface area contributed by atoms with Gasteiger partial charge in [0.05, 0.1) is 18.9 Å². The summed E-state index contributed by atoms with van der Waals surface area (Å²) in [5.41, 5.74) is 7.76. The summed E-state index contributed by atoms with van der Waals surface area (Å²) in [6.07, 6.45) is 3.78. The second-order valence-electron chi connectivity index (χ2n) is 6.64. The van der Waals surface area contributed by atoms with E-state index in [2.05, 4.69) is 4.90 Å². The summed E-state index contributed by atoms with van der Waals surface area (Å²) in [4.78, 5) is 2.32. The van der Waals surface area contributed by atoms with Gasteiger partial charge in [-0.2, -0.15) is 0 Å². The molecule has 0 aromatic heterocycles. The van der Waals surface area contributed by atoms with Gasteiger partial charge in [0, 0.05) is 25.7 Å². The molecule has 122 valence electrons. The van der Waals surface area contributed by atoms with Crippen LogP contribution in [0.2, 0.25) is 0 Å². The summed E-state index contributed by atoms with van der Waals surface area (Å²) in [6.45, 7) is 4.55. The predicted octanol–water partition coefficient (Wildman–Crippen LogP) is 1.82. The van der Waals surface area contributed by atoms with E-state index in [1.807, 2.05) is 19.1 Å². The number of fused-ring (bicyclic) bond motifs is 1. The van der Waals surface area contributed by atoms with E-state index in [-0.39, 0.29) is 11.7 Å². The number of nitrogen functional groups attached to an aromatic ring is 1. The molecule has 0 saturated carbocycles. The van der Waals surface area contributed by atoms with Crippen molar-refractivity contribution in [3.8, 4) is 11.5 Å². The van der Waals surface area contributed by atoms with Crippen LogP contribution in [-0.4, -0.2) is 48.5 Å². The van der Waals surface area contributed by atoms with Crippen molar-refractivity contribution in [2.45, 2.75) is 44.3 Å². The molecule has 0 amide bonds. The first kappa shape index (κ1) is 15.4. The number of likely N-dealkylation sites (tertiary alicyclic amines) is 1. The first-order chi connectivity index (χ1) is 10.5. The van der Waals surface area contributed by atoms with Gasteiger partial charge in [0.15, 0.2) is 0 Å². The number of rotatable bonds is 3. The molecule has 1 aromatic carbocycles. The lowest BCUT2D eigenvalue weighted by atomic mass is 9.83. The van der Waals surface area contributed by atoms with Crippen LogP contribution in [0.4, 0.5) is 5.69 Å². The molecule has 1 fully saturated rings. The molecule has 3 N–H and O–H groups in total. The lowest BCUT2D eigenvalue weighted by Crippen LogP contribution is -2.50. The van der Waals surface area contributed by atoms with Gasteiger partial charge in [-0.15, -0.1) is 0 Å². The Kier molecular flexibility index (Phi) is 4.19. The Balaban J connectivity index is 1.72. The summed E-state index contributed by atoms with van der Waals surface area (Å²) in [7, 11) is 1.63. The molecular formula is C17H26N2O3. The normalized spacial score (nSPS) is 22.0. The smallest absolute Gasteiger partial charge is 0.145 e. The molecular weight excluding hydrogens is 280 g/mol. The first-order valence-corrected chi connectivity index (χ1v) is 8.07. The van der Waals surface area contributed by atoms with Gasteiger partial charge in [-0.3, -0.25) is 0 Å². The quantitative estimate of drug-likeness (QED) is 0.834. The lowest BCUT2D eigenvalue weighted by Gasteiger charge is -2.45. The third kappa shape index (κ3) is 3.01. The van der Waals surface area contributed by atoms with E-state index in [1.165, 1.54) is 5.56 Å². The summed E-state index contributed by atoms with van der Waals surface area (Å²) in [5, 5.41) is 9.52. The molecule has 1 saturated heterocycles. The lowest BCUT2D eigenvalue weighted by molar-refractivity contribution is -0.0223. The van der Waals surface area contributed by atoms with Crippen LogP contribution in [0.25, 0.3) is 0 Å². The molecule has 1 spiro atoms. The number of ether oxygens (including phenoxy) is 2. The number of aliphatic hydroxyl groups excluding tert-OH is 1. The highest BCUT2D eigenvalue weighted by atomic mass is 16.5. The number of β-amino-alcohol motifs (C(OH)–C–C–N with tert-alkyl or cyclic N) is 1. The van der Waals surface area contributed by atoms with Crippen LogP contribution in [0, 0.1) is 0 Å². The summed E-state index contributed by atoms with van der Waals surface area (Å²) in [6, 6.07) is 3.90. The molecule has 1 atom stereocenters. The van der Waals surface area contributed by atoms with Crippen LogP contribution in [0.15, 0.2) is 12.1 Å². The number of aliphatic hydroxyl groups is 1. The van der Waals surface area contributed by atoms with E-state index in [1.54, 1.807) is 7.11 Å². The van der Waals surface area contributed by atoms with Gasteiger partial charge in [-0.1, -0.05) is 0 Å². The molecule has 0 unspecified atom stereocenters. The molecule has 0 bridgehead atoms. The van der Waals surface area contributed by atoms with Crippen molar-refractivity contribution >= 4 is 5.69 Å². The molecule has 2 aliphatic heterocycles. The topological polar surface area (TPSA) is 68.0 Å². The van der Waals surface area contributed by atoms with Crippen molar-refractivity contribution < 1.29 is 14.6 Å². The second-order valence-corrected chi connectivity index (χ2v) is 6.64. The molecule has 0 radical (unpaired) electrons. The van der Waals surface area contributed by atoms with Crippen molar-refractivity contribution in [3.05, 3.63) is 17.7 Å². The van der Waals surface area contributed by atoms with Crippen molar-refractivity contribution in [3.63, 3.8) is 0 Å². The Labute approximate surface area is 132 Å². The summed E-state index contributed by atoms with van der Waals surface area (Å²) >= 11 is 0. The van der Waals surface area contributed by atoms with Crippen molar-refractivity contribution in [2.75, 3.05) is 32.5 Å². The van der Waals surface area contributed by atoms with Gasteiger partial charge in [0.2, 0.25) is 0 Å². The van der Waals surface area contributed by atoms with Crippen LogP contribution >= 0.6 is 0 Å². The van der Waals surface area contributed by atoms with Crippen LogP contribution in [0.1, 0.15) is 31.7 Å². The minimum atomic E-state index is -0.269. The average molecular weight is 306 g/mol. The number of benzene rings is 1. The minimum Gasteiger partial charge on any atom is -0.494 e. The highest BCUT2D eigenvalue weighted by Gasteiger charge is 2.39. The number of anilines is 1. The summed E-state index contributed by atoms with van der Waals surface area (Å²) < 4.78 is 11.7. The van der Waals surface area contributed by atoms with Gasteiger partial charge in [-0.05, 0) is 44.2 Å². The van der Waals surface area contributed by atoms with Crippen molar-refractivity contribution in [1.29, 1.82) is 0 Å². The third-order valence-electron chi connectivity index (χ3n) is 4.88. The largest absolute Gasteiger partial charge is 0.494 e. The maximum Gasteiger partial charge on any atom is 0.145 e. The van der Waals surface area contributed by atoms with Gasteiger partial charge >= 0.3 is 0 Å². The van der Waals surface area contributed by atoms with Crippen LogP contribution in [0.5, 0.6) is 11.5 Å². The Morgan fingerprint density at radius 2 is 2.09 bits per heavy atom. The predicted molar refractivity (Wildman–Crippen MR) is 86.4 cm³/mol. The molecule has 2 aliphatic rings. The van der Waals surface area contributed by atoms with Crippen LogP contribution in [0.3, 0.4) is 0 Å². The standard InChI is InChI=1S/C17H26N2O3/c1-12(20)11-19-7-5-17(6-8-19)4-3-13-9-14(18)16(21-2)10-15(13)22-17/h9-10,12,20H,3-8,11,18H2,1-2H3/t12-/m0/s1. The Bertz CT molecular complexity index is 537. The zero-order chi connectivity index (χ0) is 15.7. The SMILES string of the molecule is COc1cc2c(cc1N)CCC1(CCN(C[C@H](C)O)CC1)O2. The molecule has 1 aromatic rings. The Morgan fingerprint density at radius 3 is 2.73 bits per heavy atom. The Hall–Kier alpha value is -1.46. The number of hydrogen-bond acceptors (Lipinski definition) is 5. The number of hydrogen-bond donors (Lipinski definition) is 2. The van der Waals surface area contributed by atoms with Crippen molar-refractivity contribution in [1.82, 2.24) is 4.90 Å². The van der Waals surface area contributed by atoms with Crippen LogP contribution in [-0.2, 0) is 6.42 Å². The number of nitrogens with two attached hydrogens (primary N) is 1. The fourth-order valence-electron chi connectivity index (χ4n) is 3.61. The number of methoxy groups -OCH3 is 1. The Morgan fingerprint density at radius 1 is 1.36 bits per heavy atom. The maximum absolute atomic E-state index is 9.52. The van der Waals surface area contributed by atoms with Gasteiger partial charge in [-0.25, -0.2) is 0 Å². The number of nitrogens with zero attached hydrogens (tertiary/aromatic N) is 1. The summed E-state index contributed by atoms with van der Waals surface area (Å²) in [5.74, 6) is 1.60. The number of aryl methyl sites for hydroxylation is 1. The average Bonchev–Trinajstić information content (AvgIpc) is 2.49. The molecule has 3 rings (SSSR count). The van der Waals surface area contributed by atoms with E-state index in [0.717, 1.165) is 51.1 Å². The molecule has 22 heavy (non-hydrogen) atoms. The van der Waals surface area contributed by atoms with Crippen molar-refractivity contribution in [2.24, 2.45) is 0 Å². The third-order valence-corrected chi connectivity index (χ3v) is 4.88. The highest BCUT2D eigenvalue weighted by molar-refractivity contribution is 5.59. The van der Waals surface area contributed by atoms with Crippen LogP contribution < -0.4 is 15.2 Å². The van der Waals surface area contributed by atoms with Gasteiger partial charge < -0.3 is 25.2 Å². The maximum atomic E-state index is 9.52. The van der Waals surface area contributed by atoms with E-state index in [0.29, 0.717) is 11.4 Å². The highest BCUT2D eigenvalue weighted by Crippen LogP contribution is 2.42. The van der Waals surface area contributed by atoms with E-state index in [4.69, 9.17) is 15.2 Å². The van der Waals surface area contributed by atoms with E-state index < -0.39 is 0 Å². The fraction of sp³-hybridized carbons (Fsp3) is 0.647. The second kappa shape index (κ2) is 5.97.